The largest absolute Gasteiger partial charge is 0.481 e. The molecule has 9 amide bonds. The van der Waals surface area contributed by atoms with Crippen LogP contribution in [0.4, 0.5) is 0 Å². The molecular weight excluding hydrogens is 971 g/mol. The Morgan fingerprint density at radius 1 is 0.541 bits per heavy atom. The van der Waals surface area contributed by atoms with Crippen molar-refractivity contribution in [3.05, 3.63) is 0 Å². The average molecular weight is 1050 g/mol. The summed E-state index contributed by atoms with van der Waals surface area (Å²) in [5.74, 6) is -13.6. The van der Waals surface area contributed by atoms with Crippen LogP contribution >= 0.6 is 0 Å². The van der Waals surface area contributed by atoms with E-state index in [2.05, 4.69) is 37.2 Å². The summed E-state index contributed by atoms with van der Waals surface area (Å²) in [5.41, 5.74) is 17.1. The fourth-order valence-electron chi connectivity index (χ4n) is 8.14. The summed E-state index contributed by atoms with van der Waals surface area (Å²) < 4.78 is 0. The zero-order chi connectivity index (χ0) is 56.6. The average Bonchev–Trinajstić information content (AvgIpc) is 3.79. The van der Waals surface area contributed by atoms with Crippen molar-refractivity contribution in [3.63, 3.8) is 0 Å². The first-order chi connectivity index (χ1) is 34.5. The lowest BCUT2D eigenvalue weighted by Gasteiger charge is -2.30. The Balaban J connectivity index is 3.44. The monoisotopic (exact) mass is 1050 g/mol. The highest BCUT2D eigenvalue weighted by atomic mass is 16.4. The Kier molecular flexibility index (Phi) is 29.0. The summed E-state index contributed by atoms with van der Waals surface area (Å²) in [5, 5.41) is 46.0. The molecule has 0 bridgehead atoms. The molecule has 1 rings (SSSR count). The minimum absolute atomic E-state index is 0.0221. The smallest absolute Gasteiger partial charge is 0.326 e. The second-order valence-corrected chi connectivity index (χ2v) is 20.4. The van der Waals surface area contributed by atoms with Gasteiger partial charge in [0, 0.05) is 19.4 Å². The van der Waals surface area contributed by atoms with Gasteiger partial charge in [-0.3, -0.25) is 52.7 Å². The highest BCUT2D eigenvalue weighted by molar-refractivity contribution is 5.99. The van der Waals surface area contributed by atoms with Crippen LogP contribution in [0.15, 0.2) is 0 Å². The van der Waals surface area contributed by atoms with Crippen molar-refractivity contribution in [2.24, 2.45) is 40.9 Å². The third-order valence-electron chi connectivity index (χ3n) is 12.0. The number of carbonyl (C=O) groups excluding carboxylic acids is 9. The number of aliphatic carboxylic acids is 3. The van der Waals surface area contributed by atoms with Crippen LogP contribution in [0.3, 0.4) is 0 Å². The van der Waals surface area contributed by atoms with Crippen molar-refractivity contribution in [1.82, 2.24) is 42.1 Å². The summed E-state index contributed by atoms with van der Waals surface area (Å²) in [4.78, 5) is 159. The van der Waals surface area contributed by atoms with Gasteiger partial charge in [0.2, 0.25) is 53.2 Å². The highest BCUT2D eigenvalue weighted by Crippen LogP contribution is 2.21. The number of nitrogens with zero attached hydrogens (tertiary/aromatic N) is 1. The summed E-state index contributed by atoms with van der Waals surface area (Å²) >= 11 is 0. The summed E-state index contributed by atoms with van der Waals surface area (Å²) in [7, 11) is 0. The molecule has 0 unspecified atom stereocenters. The third kappa shape index (κ3) is 24.1. The number of carboxylic acids is 3. The number of hydrogen-bond acceptors (Lipinski definition) is 14. The number of nitrogens with two attached hydrogens (primary N) is 3. The van der Waals surface area contributed by atoms with E-state index in [1.54, 1.807) is 41.5 Å². The summed E-state index contributed by atoms with van der Waals surface area (Å²) in [6.07, 6.45) is -0.730. The van der Waals surface area contributed by atoms with E-state index in [0.29, 0.717) is 32.2 Å². The molecule has 74 heavy (non-hydrogen) atoms. The molecule has 1 saturated heterocycles. The predicted octanol–water partition coefficient (Wildman–Crippen LogP) is -1.69. The summed E-state index contributed by atoms with van der Waals surface area (Å²) in [6.45, 7) is 14.1. The molecule has 1 aliphatic rings. The van der Waals surface area contributed by atoms with Gasteiger partial charge in [-0.05, 0) is 88.0 Å². The van der Waals surface area contributed by atoms with Gasteiger partial charge < -0.3 is 74.6 Å². The van der Waals surface area contributed by atoms with E-state index >= 15 is 0 Å². The molecule has 1 aliphatic heterocycles. The molecule has 1 fully saturated rings. The molecule has 1 heterocycles. The van der Waals surface area contributed by atoms with Gasteiger partial charge in [-0.25, -0.2) is 4.79 Å². The van der Waals surface area contributed by atoms with Crippen LogP contribution in [0.2, 0.25) is 0 Å². The van der Waals surface area contributed by atoms with E-state index in [0.717, 1.165) is 0 Å². The van der Waals surface area contributed by atoms with Crippen molar-refractivity contribution >= 4 is 71.1 Å². The number of nitrogens with one attached hydrogen (secondary N) is 7. The minimum Gasteiger partial charge on any atom is -0.481 e. The number of carboxylic acid groups (broad SMARTS) is 3. The molecule has 0 aromatic rings. The Morgan fingerprint density at radius 3 is 1.41 bits per heavy atom. The van der Waals surface area contributed by atoms with E-state index in [1.807, 2.05) is 0 Å². The number of likely N-dealkylation sites (tertiary alicyclic amines) is 1. The molecule has 0 saturated carbocycles. The lowest BCUT2D eigenvalue weighted by atomic mass is 9.98. The van der Waals surface area contributed by atoms with E-state index < -0.39 is 163 Å². The van der Waals surface area contributed by atoms with E-state index in [9.17, 15) is 72.9 Å². The van der Waals surface area contributed by atoms with Crippen LogP contribution in [0, 0.1) is 23.7 Å². The molecule has 26 nitrogen and oxygen atoms in total. The van der Waals surface area contributed by atoms with Crippen LogP contribution in [-0.4, -0.2) is 159 Å². The molecule has 9 atom stereocenters. The van der Waals surface area contributed by atoms with Gasteiger partial charge in [0.1, 0.15) is 48.3 Å². The fraction of sp³-hybridized carbons (Fsp3) is 0.750. The van der Waals surface area contributed by atoms with Crippen LogP contribution in [0.5, 0.6) is 0 Å². The quantitative estimate of drug-likeness (QED) is 0.0315. The Labute approximate surface area is 432 Å². The number of unbranched alkanes of at least 4 members (excludes halogenated alkanes) is 1. The first-order valence-corrected chi connectivity index (χ1v) is 25.3. The molecule has 0 spiro atoms. The topological polar surface area (TPSA) is 431 Å². The Morgan fingerprint density at radius 2 is 0.959 bits per heavy atom. The van der Waals surface area contributed by atoms with Crippen molar-refractivity contribution in [2.75, 3.05) is 13.1 Å². The van der Waals surface area contributed by atoms with E-state index in [-0.39, 0.29) is 50.0 Å². The van der Waals surface area contributed by atoms with Crippen LogP contribution < -0.4 is 54.4 Å². The normalized spacial score (nSPS) is 16.7. The van der Waals surface area contributed by atoms with Crippen molar-refractivity contribution in [3.8, 4) is 0 Å². The molecule has 0 aromatic carbocycles. The van der Waals surface area contributed by atoms with Gasteiger partial charge in [-0.1, -0.05) is 61.8 Å². The second-order valence-electron chi connectivity index (χ2n) is 20.4. The maximum atomic E-state index is 14.0. The van der Waals surface area contributed by atoms with Crippen molar-refractivity contribution in [2.45, 2.75) is 193 Å². The van der Waals surface area contributed by atoms with E-state index in [1.165, 1.54) is 18.7 Å². The van der Waals surface area contributed by atoms with Gasteiger partial charge in [0.05, 0.1) is 12.5 Å². The van der Waals surface area contributed by atoms with Crippen molar-refractivity contribution < 1.29 is 72.9 Å². The van der Waals surface area contributed by atoms with Gasteiger partial charge in [0.15, 0.2) is 0 Å². The first kappa shape index (κ1) is 65.6. The number of hydrogen-bond donors (Lipinski definition) is 13. The van der Waals surface area contributed by atoms with Crippen LogP contribution in [0.25, 0.3) is 0 Å². The lowest BCUT2D eigenvalue weighted by molar-refractivity contribution is -0.143. The molecular formula is C48H83N11O15. The molecule has 420 valence electrons. The van der Waals surface area contributed by atoms with Gasteiger partial charge in [-0.2, -0.15) is 0 Å². The number of amides is 9. The predicted molar refractivity (Wildman–Crippen MR) is 268 cm³/mol. The zero-order valence-electron chi connectivity index (χ0n) is 44.0. The zero-order valence-corrected chi connectivity index (χ0v) is 44.0. The summed E-state index contributed by atoms with van der Waals surface area (Å²) in [6, 6.07) is -12.4. The number of carbonyl (C=O) groups is 12. The molecule has 0 radical (unpaired) electrons. The molecule has 0 aromatic heterocycles. The van der Waals surface area contributed by atoms with Gasteiger partial charge >= 0.3 is 17.9 Å². The van der Waals surface area contributed by atoms with Gasteiger partial charge in [0.25, 0.3) is 0 Å². The SMILES string of the molecule is CC(C)C[C@H](NC(=O)[C@H](CC(N)=O)NC(=O)[C@H](CC(C)C)NC(=O)[C@@H](NC(=O)[C@H](CCC(=O)O)NC(=O)[C@H](CCC(=O)O)NC(=O)[C@H](CC(C)C)NC(=O)[C@@H]1CCCN1C(=O)[C@@H](N)CCCCN)C(C)C)C(=O)O. The van der Waals surface area contributed by atoms with E-state index in [4.69, 9.17) is 17.2 Å². The number of rotatable bonds is 35. The standard InChI is InChI=1S/C48H83N11O15/c1-24(2)20-31(55-45(70)35-13-11-19-59(35)47(72)28(50)12-9-10-18-49)42(67)53-29(14-16-37(61)62)40(65)52-30(15-17-38(63)64)41(66)58-39(27(7)8)46(71)56-32(21-25(3)4)43(68)54-33(23-36(51)60)44(69)57-34(48(73)74)22-26(5)6/h24-35,39H,9-23,49-50H2,1-8H3,(H2,51,60)(H,52,65)(H,53,67)(H,54,68)(H,55,70)(H,56,71)(H,57,69)(H,58,66)(H,61,62)(H,63,64)(H,73,74)/t28-,29-,30-,31-,32-,33-,34-,35-,39-/m0/s1. The highest BCUT2D eigenvalue weighted by Gasteiger charge is 2.39. The minimum atomic E-state index is -1.70. The second kappa shape index (κ2) is 32.7. The fourth-order valence-corrected chi connectivity index (χ4v) is 8.14. The molecule has 0 aliphatic carbocycles. The Bertz CT molecular complexity index is 1970. The molecule has 26 heteroatoms. The lowest BCUT2D eigenvalue weighted by Crippen LogP contribution is -2.61. The molecule has 16 N–H and O–H groups in total. The Hall–Kier alpha value is -6.44. The third-order valence-corrected chi connectivity index (χ3v) is 12.0. The van der Waals surface area contributed by atoms with Crippen LogP contribution in [-0.2, 0) is 57.5 Å². The van der Waals surface area contributed by atoms with Gasteiger partial charge in [-0.15, -0.1) is 0 Å². The maximum absolute atomic E-state index is 14.0. The number of primary amides is 1. The maximum Gasteiger partial charge on any atom is 0.326 e. The van der Waals surface area contributed by atoms with Crippen molar-refractivity contribution in [1.29, 1.82) is 0 Å². The first-order valence-electron chi connectivity index (χ1n) is 25.3. The van der Waals surface area contributed by atoms with Crippen LogP contribution in [0.1, 0.15) is 139 Å².